The topological polar surface area (TPSA) is 64.8 Å². The molecule has 1 aromatic rings. The van der Waals surface area contributed by atoms with Crippen molar-refractivity contribution in [2.45, 2.75) is 64.0 Å². The lowest BCUT2D eigenvalue weighted by Crippen LogP contribution is -2.26. The second kappa shape index (κ2) is 5.61. The first-order valence-electron chi connectivity index (χ1n) is 7.04. The number of aryl methyl sites for hydroxylation is 1. The number of rotatable bonds is 4. The maximum atomic E-state index is 12.3. The zero-order valence-corrected chi connectivity index (χ0v) is 12.8. The van der Waals surface area contributed by atoms with Crippen LogP contribution in [-0.4, -0.2) is 28.4 Å². The van der Waals surface area contributed by atoms with E-state index in [1.807, 2.05) is 18.4 Å². The van der Waals surface area contributed by atoms with Gasteiger partial charge in [0.1, 0.15) is 17.4 Å². The van der Waals surface area contributed by atoms with E-state index in [4.69, 9.17) is 0 Å². The molecule has 0 spiro atoms. The summed E-state index contributed by atoms with van der Waals surface area (Å²) in [5, 5.41) is 7.91. The van der Waals surface area contributed by atoms with Gasteiger partial charge >= 0.3 is 0 Å². The summed E-state index contributed by atoms with van der Waals surface area (Å²) < 4.78 is 26.7. The number of hydrogen-bond acceptors (Lipinski definition) is 4. The fourth-order valence-corrected chi connectivity index (χ4v) is 4.04. The van der Waals surface area contributed by atoms with Crippen molar-refractivity contribution in [3.05, 3.63) is 11.6 Å². The van der Waals surface area contributed by atoms with Crippen LogP contribution in [0.5, 0.6) is 0 Å². The molecule has 6 heteroatoms. The van der Waals surface area contributed by atoms with Crippen LogP contribution in [0.1, 0.15) is 51.7 Å². The van der Waals surface area contributed by atoms with Crippen LogP contribution in [-0.2, 0) is 28.6 Å². The number of sulfone groups is 1. The summed E-state index contributed by atoms with van der Waals surface area (Å²) in [6.45, 7) is 6.50. The van der Waals surface area contributed by atoms with Gasteiger partial charge in [0.25, 0.3) is 0 Å². The Balaban J connectivity index is 2.22. The van der Waals surface area contributed by atoms with Crippen molar-refractivity contribution in [3.63, 3.8) is 0 Å². The van der Waals surface area contributed by atoms with Crippen molar-refractivity contribution in [3.8, 4) is 0 Å². The van der Waals surface area contributed by atoms with Gasteiger partial charge in [-0.25, -0.2) is 8.42 Å². The molecule has 1 unspecified atom stereocenters. The van der Waals surface area contributed by atoms with E-state index in [0.717, 1.165) is 31.6 Å². The molecule has 1 aliphatic rings. The van der Waals surface area contributed by atoms with Crippen molar-refractivity contribution in [2.24, 2.45) is 5.92 Å². The first kappa shape index (κ1) is 14.5. The molecule has 1 atom stereocenters. The predicted octanol–water partition coefficient (Wildman–Crippen LogP) is 1.96. The molecule has 2 heterocycles. The van der Waals surface area contributed by atoms with E-state index < -0.39 is 9.84 Å². The summed E-state index contributed by atoms with van der Waals surface area (Å²) in [5.41, 5.74) is 0. The maximum absolute atomic E-state index is 12.3. The summed E-state index contributed by atoms with van der Waals surface area (Å²) in [5.74, 6) is 1.69. The molecule has 1 aliphatic heterocycles. The minimum absolute atomic E-state index is 0.0132. The number of fused-ring (bicyclic) bond motifs is 1. The zero-order valence-electron chi connectivity index (χ0n) is 12.0. The first-order valence-corrected chi connectivity index (χ1v) is 8.76. The molecule has 108 valence electrons. The Labute approximate surface area is 115 Å². The van der Waals surface area contributed by atoms with Crippen molar-refractivity contribution >= 4 is 9.84 Å². The quantitative estimate of drug-likeness (QED) is 0.848. The molecule has 5 nitrogen and oxygen atoms in total. The molecule has 2 rings (SSSR count). The molecule has 0 saturated carbocycles. The molecule has 0 N–H and O–H groups in total. The van der Waals surface area contributed by atoms with Crippen LogP contribution in [0.4, 0.5) is 0 Å². The summed E-state index contributed by atoms with van der Waals surface area (Å²) in [7, 11) is -3.15. The van der Waals surface area contributed by atoms with Crippen LogP contribution in [0.15, 0.2) is 0 Å². The highest BCUT2D eigenvalue weighted by Gasteiger charge is 2.27. The molecule has 0 aliphatic carbocycles. The molecule has 1 aromatic heterocycles. The lowest BCUT2D eigenvalue weighted by Gasteiger charge is -2.16. The van der Waals surface area contributed by atoms with Gasteiger partial charge in [-0.1, -0.05) is 20.3 Å². The lowest BCUT2D eigenvalue weighted by molar-refractivity contribution is 0.540. The summed E-state index contributed by atoms with van der Waals surface area (Å²) in [6.07, 6.45) is 4.29. The van der Waals surface area contributed by atoms with Gasteiger partial charge in [-0.15, -0.1) is 10.2 Å². The summed E-state index contributed by atoms with van der Waals surface area (Å²) >= 11 is 0. The Kier molecular flexibility index (Phi) is 4.28. The van der Waals surface area contributed by atoms with Gasteiger partial charge in [0.2, 0.25) is 0 Å². The standard InChI is InChI=1S/C13H23N3O2S/c1-10(2)11(3)19(17,18)9-13-15-14-12-7-5-4-6-8-16(12)13/h10-11H,4-9H2,1-3H3. The Morgan fingerprint density at radius 2 is 1.89 bits per heavy atom. The highest BCUT2D eigenvalue weighted by atomic mass is 32.2. The summed E-state index contributed by atoms with van der Waals surface area (Å²) in [4.78, 5) is 0. The van der Waals surface area contributed by atoms with Gasteiger partial charge in [0.05, 0.1) is 5.25 Å². The normalized spacial score (nSPS) is 18.1. The number of nitrogens with zero attached hydrogens (tertiary/aromatic N) is 3. The fraction of sp³-hybridized carbons (Fsp3) is 0.846. The van der Waals surface area contributed by atoms with Crippen LogP contribution >= 0.6 is 0 Å². The second-order valence-corrected chi connectivity index (χ2v) is 8.11. The van der Waals surface area contributed by atoms with Gasteiger partial charge in [-0.3, -0.25) is 0 Å². The van der Waals surface area contributed by atoms with Crippen LogP contribution < -0.4 is 0 Å². The number of hydrogen-bond donors (Lipinski definition) is 0. The molecule has 0 radical (unpaired) electrons. The minimum Gasteiger partial charge on any atom is -0.314 e. The Bertz CT molecular complexity index is 534. The smallest absolute Gasteiger partial charge is 0.160 e. The van der Waals surface area contributed by atoms with Crippen molar-refractivity contribution < 1.29 is 8.42 Å². The SMILES string of the molecule is CC(C)C(C)S(=O)(=O)Cc1nnc2n1CCCCC2. The minimum atomic E-state index is -3.15. The third-order valence-electron chi connectivity index (χ3n) is 4.02. The van der Waals surface area contributed by atoms with Crippen LogP contribution in [0.3, 0.4) is 0 Å². The molecule has 0 fully saturated rings. The van der Waals surface area contributed by atoms with Gasteiger partial charge < -0.3 is 4.57 Å². The van der Waals surface area contributed by atoms with E-state index in [9.17, 15) is 8.42 Å². The Morgan fingerprint density at radius 3 is 2.58 bits per heavy atom. The van der Waals surface area contributed by atoms with Crippen LogP contribution in [0.25, 0.3) is 0 Å². The van der Waals surface area contributed by atoms with Gasteiger partial charge in [0, 0.05) is 13.0 Å². The fourth-order valence-electron chi connectivity index (χ4n) is 2.38. The van der Waals surface area contributed by atoms with E-state index in [0.29, 0.717) is 5.82 Å². The van der Waals surface area contributed by atoms with E-state index in [1.165, 1.54) is 6.42 Å². The van der Waals surface area contributed by atoms with Gasteiger partial charge in [-0.2, -0.15) is 0 Å². The maximum Gasteiger partial charge on any atom is 0.160 e. The second-order valence-electron chi connectivity index (χ2n) is 5.75. The highest BCUT2D eigenvalue weighted by Crippen LogP contribution is 2.19. The molecule has 0 bridgehead atoms. The highest BCUT2D eigenvalue weighted by molar-refractivity contribution is 7.91. The number of aromatic nitrogens is 3. The van der Waals surface area contributed by atoms with Crippen LogP contribution in [0, 0.1) is 5.92 Å². The third kappa shape index (κ3) is 3.16. The molecular formula is C13H23N3O2S. The van der Waals surface area contributed by atoms with Crippen LogP contribution in [0.2, 0.25) is 0 Å². The largest absolute Gasteiger partial charge is 0.314 e. The zero-order chi connectivity index (χ0) is 14.0. The van der Waals surface area contributed by atoms with E-state index in [-0.39, 0.29) is 16.9 Å². The average Bonchev–Trinajstić information content (AvgIpc) is 2.58. The van der Waals surface area contributed by atoms with E-state index in [1.54, 1.807) is 6.92 Å². The lowest BCUT2D eigenvalue weighted by atomic mass is 10.2. The Hall–Kier alpha value is -0.910. The average molecular weight is 285 g/mol. The Morgan fingerprint density at radius 1 is 1.16 bits per heavy atom. The van der Waals surface area contributed by atoms with Crippen molar-refractivity contribution in [2.75, 3.05) is 0 Å². The molecule has 19 heavy (non-hydrogen) atoms. The first-order chi connectivity index (χ1) is 8.92. The third-order valence-corrected chi connectivity index (χ3v) is 6.36. The van der Waals surface area contributed by atoms with Crippen molar-refractivity contribution in [1.82, 2.24) is 14.8 Å². The monoisotopic (exact) mass is 285 g/mol. The van der Waals surface area contributed by atoms with E-state index >= 15 is 0 Å². The predicted molar refractivity (Wildman–Crippen MR) is 74.5 cm³/mol. The summed E-state index contributed by atoms with van der Waals surface area (Å²) in [6, 6.07) is 0. The molecule has 0 aromatic carbocycles. The molecule has 0 saturated heterocycles. The van der Waals surface area contributed by atoms with Crippen molar-refractivity contribution in [1.29, 1.82) is 0 Å². The molecular weight excluding hydrogens is 262 g/mol. The van der Waals surface area contributed by atoms with E-state index in [2.05, 4.69) is 10.2 Å². The van der Waals surface area contributed by atoms with Gasteiger partial charge in [0.15, 0.2) is 9.84 Å². The molecule has 0 amide bonds. The van der Waals surface area contributed by atoms with Gasteiger partial charge in [-0.05, 0) is 25.7 Å².